The van der Waals surface area contributed by atoms with Gasteiger partial charge in [-0.25, -0.2) is 4.98 Å². The minimum absolute atomic E-state index is 0.0879. The van der Waals surface area contributed by atoms with Gasteiger partial charge in [0.2, 0.25) is 0 Å². The van der Waals surface area contributed by atoms with Crippen LogP contribution in [0.15, 0.2) is 53.9 Å². The number of benzene rings is 2. The summed E-state index contributed by atoms with van der Waals surface area (Å²) in [6.07, 6.45) is 0.105. The molecule has 0 aliphatic heterocycles. The van der Waals surface area contributed by atoms with Crippen LogP contribution < -0.4 is 10.1 Å². The lowest BCUT2D eigenvalue weighted by atomic mass is 9.87. The number of aromatic nitrogens is 1. The zero-order valence-electron chi connectivity index (χ0n) is 17.7. The third-order valence-corrected chi connectivity index (χ3v) is 5.92. The van der Waals surface area contributed by atoms with E-state index in [4.69, 9.17) is 16.3 Å². The molecule has 1 heterocycles. The SMILES string of the molecule is C[C@H](Oc1ccc(C(C)(C)C)cc1)C(=O)NCCc1csc(-c2ccc(Cl)cc2)n1. The summed E-state index contributed by atoms with van der Waals surface area (Å²) < 4.78 is 5.78. The molecule has 0 aliphatic carbocycles. The highest BCUT2D eigenvalue weighted by Crippen LogP contribution is 2.26. The average Bonchev–Trinajstić information content (AvgIpc) is 3.17. The molecule has 3 aromatic rings. The predicted octanol–water partition coefficient (Wildman–Crippen LogP) is 5.89. The topological polar surface area (TPSA) is 51.2 Å². The lowest BCUT2D eigenvalue weighted by Crippen LogP contribution is -2.37. The molecule has 0 fully saturated rings. The predicted molar refractivity (Wildman–Crippen MR) is 125 cm³/mol. The van der Waals surface area contributed by atoms with E-state index >= 15 is 0 Å². The summed E-state index contributed by atoms with van der Waals surface area (Å²) in [4.78, 5) is 17.0. The summed E-state index contributed by atoms with van der Waals surface area (Å²) in [5.41, 5.74) is 3.31. The molecule has 1 aromatic heterocycles. The van der Waals surface area contributed by atoms with Gasteiger partial charge in [-0.3, -0.25) is 4.79 Å². The van der Waals surface area contributed by atoms with Crippen molar-refractivity contribution in [2.45, 2.75) is 45.6 Å². The van der Waals surface area contributed by atoms with E-state index in [0.29, 0.717) is 23.7 Å². The van der Waals surface area contributed by atoms with Gasteiger partial charge in [0.05, 0.1) is 5.69 Å². The van der Waals surface area contributed by atoms with Crippen LogP contribution in [-0.4, -0.2) is 23.5 Å². The van der Waals surface area contributed by atoms with Gasteiger partial charge >= 0.3 is 0 Å². The second-order valence-corrected chi connectivity index (χ2v) is 9.52. The molecule has 158 valence electrons. The van der Waals surface area contributed by atoms with Crippen LogP contribution in [0.25, 0.3) is 10.6 Å². The molecule has 0 aliphatic rings. The first kappa shape index (κ1) is 22.3. The monoisotopic (exact) mass is 442 g/mol. The Hall–Kier alpha value is -2.37. The Morgan fingerprint density at radius 2 is 1.80 bits per heavy atom. The van der Waals surface area contributed by atoms with E-state index in [1.807, 2.05) is 53.9 Å². The average molecular weight is 443 g/mol. The Balaban J connectivity index is 1.47. The lowest BCUT2D eigenvalue weighted by Gasteiger charge is -2.20. The molecular formula is C24H27ClN2O2S. The second-order valence-electron chi connectivity index (χ2n) is 8.23. The molecule has 1 N–H and O–H groups in total. The van der Waals surface area contributed by atoms with Gasteiger partial charge in [-0.2, -0.15) is 0 Å². The van der Waals surface area contributed by atoms with Crippen molar-refractivity contribution in [3.8, 4) is 16.3 Å². The number of rotatable bonds is 7. The highest BCUT2D eigenvalue weighted by molar-refractivity contribution is 7.13. The van der Waals surface area contributed by atoms with Gasteiger partial charge in [-0.15, -0.1) is 11.3 Å². The lowest BCUT2D eigenvalue weighted by molar-refractivity contribution is -0.127. The van der Waals surface area contributed by atoms with Crippen molar-refractivity contribution >= 4 is 28.8 Å². The van der Waals surface area contributed by atoms with Gasteiger partial charge in [-0.05, 0) is 42.2 Å². The Labute approximate surface area is 187 Å². The summed E-state index contributed by atoms with van der Waals surface area (Å²) >= 11 is 7.52. The minimum Gasteiger partial charge on any atom is -0.481 e. The van der Waals surface area contributed by atoms with Gasteiger partial charge in [0.25, 0.3) is 5.91 Å². The number of carbonyl (C=O) groups excluding carboxylic acids is 1. The van der Waals surface area contributed by atoms with Gasteiger partial charge in [0.1, 0.15) is 10.8 Å². The molecule has 0 saturated heterocycles. The van der Waals surface area contributed by atoms with Crippen molar-refractivity contribution in [2.75, 3.05) is 6.54 Å². The maximum absolute atomic E-state index is 12.4. The summed E-state index contributed by atoms with van der Waals surface area (Å²) in [7, 11) is 0. The van der Waals surface area contributed by atoms with Crippen LogP contribution in [0.1, 0.15) is 39.0 Å². The molecule has 3 rings (SSSR count). The van der Waals surface area contributed by atoms with Crippen molar-refractivity contribution < 1.29 is 9.53 Å². The molecule has 6 heteroatoms. The number of ether oxygens (including phenoxy) is 1. The summed E-state index contributed by atoms with van der Waals surface area (Å²) in [5.74, 6) is 0.556. The number of nitrogens with one attached hydrogen (secondary N) is 1. The highest BCUT2D eigenvalue weighted by Gasteiger charge is 2.16. The number of carbonyl (C=O) groups is 1. The number of hydrogen-bond donors (Lipinski definition) is 1. The molecule has 0 unspecified atom stereocenters. The van der Waals surface area contributed by atoms with Gasteiger partial charge < -0.3 is 10.1 Å². The number of nitrogens with zero attached hydrogens (tertiary/aromatic N) is 1. The van der Waals surface area contributed by atoms with E-state index < -0.39 is 6.10 Å². The maximum Gasteiger partial charge on any atom is 0.260 e. The van der Waals surface area contributed by atoms with E-state index in [9.17, 15) is 4.79 Å². The zero-order valence-corrected chi connectivity index (χ0v) is 19.3. The van der Waals surface area contributed by atoms with Crippen LogP contribution >= 0.6 is 22.9 Å². The fourth-order valence-electron chi connectivity index (χ4n) is 2.90. The molecule has 0 radical (unpaired) electrons. The summed E-state index contributed by atoms with van der Waals surface area (Å²) in [6, 6.07) is 15.5. The molecule has 0 bridgehead atoms. The quantitative estimate of drug-likeness (QED) is 0.496. The number of amides is 1. The van der Waals surface area contributed by atoms with Crippen molar-refractivity contribution in [3.05, 3.63) is 70.2 Å². The Morgan fingerprint density at radius 3 is 2.43 bits per heavy atom. The Bertz CT molecular complexity index is 976. The third kappa shape index (κ3) is 6.07. The van der Waals surface area contributed by atoms with Gasteiger partial charge in [0, 0.05) is 28.9 Å². The first-order valence-corrected chi connectivity index (χ1v) is 11.2. The van der Waals surface area contributed by atoms with Crippen molar-refractivity contribution in [2.24, 2.45) is 0 Å². The first-order chi connectivity index (χ1) is 14.2. The summed E-state index contributed by atoms with van der Waals surface area (Å²) in [6.45, 7) is 8.77. The maximum atomic E-state index is 12.4. The van der Waals surface area contributed by atoms with E-state index in [-0.39, 0.29) is 11.3 Å². The van der Waals surface area contributed by atoms with Crippen molar-refractivity contribution in [1.82, 2.24) is 10.3 Å². The number of thiazole rings is 1. The molecule has 1 amide bonds. The largest absolute Gasteiger partial charge is 0.481 e. The highest BCUT2D eigenvalue weighted by atomic mass is 35.5. The van der Waals surface area contributed by atoms with E-state index in [2.05, 4.69) is 31.1 Å². The van der Waals surface area contributed by atoms with Crippen LogP contribution in [0.5, 0.6) is 5.75 Å². The standard InChI is InChI=1S/C24H27ClN2O2S/c1-16(29-21-11-7-18(8-12-21)24(2,3)4)22(28)26-14-13-20-15-30-23(27-20)17-5-9-19(25)10-6-17/h5-12,15-16H,13-14H2,1-4H3,(H,26,28)/t16-/m0/s1. The third-order valence-electron chi connectivity index (χ3n) is 4.73. The van der Waals surface area contributed by atoms with Crippen LogP contribution in [0.3, 0.4) is 0 Å². The first-order valence-electron chi connectivity index (χ1n) is 9.97. The van der Waals surface area contributed by atoms with Gasteiger partial charge in [-0.1, -0.05) is 56.6 Å². The smallest absolute Gasteiger partial charge is 0.260 e. The van der Waals surface area contributed by atoms with Crippen molar-refractivity contribution in [1.29, 1.82) is 0 Å². The molecule has 1 atom stereocenters. The van der Waals surface area contributed by atoms with E-state index in [1.54, 1.807) is 18.3 Å². The van der Waals surface area contributed by atoms with Crippen LogP contribution in [0.2, 0.25) is 5.02 Å². The van der Waals surface area contributed by atoms with Gasteiger partial charge in [0.15, 0.2) is 6.10 Å². The number of halogens is 1. The molecule has 0 spiro atoms. The molecular weight excluding hydrogens is 416 g/mol. The minimum atomic E-state index is -0.564. The fourth-order valence-corrected chi connectivity index (χ4v) is 3.88. The van der Waals surface area contributed by atoms with Crippen LogP contribution in [0, 0.1) is 0 Å². The summed E-state index contributed by atoms with van der Waals surface area (Å²) in [5, 5.41) is 6.60. The normalized spacial score (nSPS) is 12.4. The Morgan fingerprint density at radius 1 is 1.13 bits per heavy atom. The number of hydrogen-bond acceptors (Lipinski definition) is 4. The Kier molecular flexibility index (Phi) is 7.16. The molecule has 0 saturated carbocycles. The van der Waals surface area contributed by atoms with E-state index in [1.165, 1.54) is 5.56 Å². The molecule has 30 heavy (non-hydrogen) atoms. The molecule has 2 aromatic carbocycles. The molecule has 4 nitrogen and oxygen atoms in total. The van der Waals surface area contributed by atoms with Crippen LogP contribution in [-0.2, 0) is 16.6 Å². The van der Waals surface area contributed by atoms with E-state index in [0.717, 1.165) is 16.3 Å². The zero-order chi connectivity index (χ0) is 21.7. The fraction of sp³-hybridized carbons (Fsp3) is 0.333. The van der Waals surface area contributed by atoms with Crippen molar-refractivity contribution in [3.63, 3.8) is 0 Å². The van der Waals surface area contributed by atoms with Crippen LogP contribution in [0.4, 0.5) is 0 Å². The second kappa shape index (κ2) is 9.63.